The van der Waals surface area contributed by atoms with E-state index in [-0.39, 0.29) is 12.2 Å². The Hall–Kier alpha value is -2.54. The number of hydrogen-bond acceptors (Lipinski definition) is 6. The molecule has 1 unspecified atom stereocenters. The van der Waals surface area contributed by atoms with E-state index in [1.54, 1.807) is 6.92 Å². The number of nitrogens with one attached hydrogen (secondary N) is 2. The molecule has 0 amide bonds. The number of carbonyl (C=O) groups is 1. The van der Waals surface area contributed by atoms with Gasteiger partial charge in [0.05, 0.1) is 23.7 Å². The SMILES string of the molecule is CCOC(=O)C1=C(C)Nc2nc(SC)[nH]c(=O)c2C1c1ccc(C(C)C)cc1. The van der Waals surface area contributed by atoms with Crippen molar-refractivity contribution in [3.05, 3.63) is 62.6 Å². The summed E-state index contributed by atoms with van der Waals surface area (Å²) in [6, 6.07) is 8.03. The average Bonchev–Trinajstić information content (AvgIpc) is 2.66. The average molecular weight is 400 g/mol. The largest absolute Gasteiger partial charge is 0.463 e. The fourth-order valence-electron chi connectivity index (χ4n) is 3.41. The summed E-state index contributed by atoms with van der Waals surface area (Å²) in [4.78, 5) is 33.0. The van der Waals surface area contributed by atoms with E-state index >= 15 is 0 Å². The van der Waals surface area contributed by atoms with Crippen LogP contribution in [0.25, 0.3) is 0 Å². The summed E-state index contributed by atoms with van der Waals surface area (Å²) < 4.78 is 5.29. The first-order valence-corrected chi connectivity index (χ1v) is 10.5. The first kappa shape index (κ1) is 20.2. The lowest BCUT2D eigenvalue weighted by molar-refractivity contribution is -0.138. The quantitative estimate of drug-likeness (QED) is 0.449. The zero-order chi connectivity index (χ0) is 20.4. The van der Waals surface area contributed by atoms with Crippen molar-refractivity contribution in [3.8, 4) is 0 Å². The summed E-state index contributed by atoms with van der Waals surface area (Å²) in [5.41, 5.74) is 3.32. The highest BCUT2D eigenvalue weighted by Crippen LogP contribution is 2.40. The Balaban J connectivity index is 2.22. The zero-order valence-corrected chi connectivity index (χ0v) is 17.6. The number of thioether (sulfide) groups is 1. The van der Waals surface area contributed by atoms with Gasteiger partial charge in [0.1, 0.15) is 5.82 Å². The molecule has 1 aliphatic heterocycles. The number of H-pyrrole nitrogens is 1. The number of allylic oxidation sites excluding steroid dienone is 1. The molecule has 1 aliphatic rings. The Kier molecular flexibility index (Phi) is 5.93. The highest BCUT2D eigenvalue weighted by molar-refractivity contribution is 7.98. The van der Waals surface area contributed by atoms with Crippen LogP contribution in [-0.2, 0) is 9.53 Å². The van der Waals surface area contributed by atoms with Gasteiger partial charge in [0.15, 0.2) is 5.16 Å². The normalized spacial score (nSPS) is 16.0. The molecule has 28 heavy (non-hydrogen) atoms. The third kappa shape index (κ3) is 3.71. The maximum absolute atomic E-state index is 12.9. The van der Waals surface area contributed by atoms with Gasteiger partial charge < -0.3 is 15.0 Å². The van der Waals surface area contributed by atoms with E-state index in [0.717, 1.165) is 5.56 Å². The maximum Gasteiger partial charge on any atom is 0.336 e. The van der Waals surface area contributed by atoms with Crippen LogP contribution < -0.4 is 10.9 Å². The number of hydrogen-bond donors (Lipinski definition) is 2. The highest BCUT2D eigenvalue weighted by Gasteiger charge is 2.36. The van der Waals surface area contributed by atoms with Crippen molar-refractivity contribution >= 4 is 23.5 Å². The summed E-state index contributed by atoms with van der Waals surface area (Å²) in [6.07, 6.45) is 1.85. The van der Waals surface area contributed by atoms with Gasteiger partial charge in [-0.15, -0.1) is 0 Å². The molecular weight excluding hydrogens is 374 g/mol. The molecule has 0 aliphatic carbocycles. The van der Waals surface area contributed by atoms with Gasteiger partial charge in [0.2, 0.25) is 0 Å². The van der Waals surface area contributed by atoms with Gasteiger partial charge in [-0.3, -0.25) is 4.79 Å². The molecule has 1 atom stereocenters. The van der Waals surface area contributed by atoms with Crippen LogP contribution in [0.15, 0.2) is 45.5 Å². The zero-order valence-electron chi connectivity index (χ0n) is 16.8. The topological polar surface area (TPSA) is 84.1 Å². The molecule has 0 saturated carbocycles. The molecule has 1 aromatic heterocycles. The highest BCUT2D eigenvalue weighted by atomic mass is 32.2. The second kappa shape index (κ2) is 8.22. The van der Waals surface area contributed by atoms with Crippen molar-refractivity contribution in [1.82, 2.24) is 9.97 Å². The predicted octanol–water partition coefficient (Wildman–Crippen LogP) is 4.01. The van der Waals surface area contributed by atoms with Crippen molar-refractivity contribution in [2.45, 2.75) is 44.7 Å². The summed E-state index contributed by atoms with van der Waals surface area (Å²) >= 11 is 1.36. The molecule has 0 fully saturated rings. The molecular formula is C21H25N3O3S. The Morgan fingerprint density at radius 1 is 1.29 bits per heavy atom. The molecule has 2 N–H and O–H groups in total. The Bertz CT molecular complexity index is 977. The van der Waals surface area contributed by atoms with Crippen LogP contribution in [0, 0.1) is 0 Å². The lowest BCUT2D eigenvalue weighted by atomic mass is 9.81. The van der Waals surface area contributed by atoms with Crippen molar-refractivity contribution in [2.24, 2.45) is 0 Å². The number of aromatic amines is 1. The second-order valence-electron chi connectivity index (χ2n) is 6.98. The first-order chi connectivity index (χ1) is 13.4. The van der Waals surface area contributed by atoms with Crippen LogP contribution in [0.3, 0.4) is 0 Å². The van der Waals surface area contributed by atoms with Gasteiger partial charge in [0, 0.05) is 5.70 Å². The Labute approximate surface area is 168 Å². The minimum atomic E-state index is -0.538. The third-order valence-electron chi connectivity index (χ3n) is 4.85. The van der Waals surface area contributed by atoms with Crippen molar-refractivity contribution in [3.63, 3.8) is 0 Å². The van der Waals surface area contributed by atoms with Crippen LogP contribution in [0.5, 0.6) is 0 Å². The van der Waals surface area contributed by atoms with E-state index in [2.05, 4.69) is 29.1 Å². The van der Waals surface area contributed by atoms with Crippen LogP contribution in [0.1, 0.15) is 56.2 Å². The van der Waals surface area contributed by atoms with E-state index in [1.807, 2.05) is 37.4 Å². The Morgan fingerprint density at radius 2 is 1.96 bits per heavy atom. The van der Waals surface area contributed by atoms with E-state index in [1.165, 1.54) is 17.3 Å². The molecule has 0 saturated heterocycles. The number of benzene rings is 1. The molecule has 7 heteroatoms. The minimum absolute atomic E-state index is 0.255. The number of ether oxygens (including phenoxy) is 1. The number of anilines is 1. The van der Waals surface area contributed by atoms with E-state index in [9.17, 15) is 9.59 Å². The number of fused-ring (bicyclic) bond motifs is 1. The molecule has 148 valence electrons. The van der Waals surface area contributed by atoms with Gasteiger partial charge >= 0.3 is 5.97 Å². The van der Waals surface area contributed by atoms with Crippen LogP contribution >= 0.6 is 11.8 Å². The van der Waals surface area contributed by atoms with Crippen LogP contribution in [-0.4, -0.2) is 28.8 Å². The van der Waals surface area contributed by atoms with Gasteiger partial charge in [-0.2, -0.15) is 0 Å². The molecule has 2 aromatic rings. The second-order valence-corrected chi connectivity index (χ2v) is 7.77. The fourth-order valence-corrected chi connectivity index (χ4v) is 3.79. The lowest BCUT2D eigenvalue weighted by Gasteiger charge is -2.29. The molecule has 0 bridgehead atoms. The van der Waals surface area contributed by atoms with Crippen molar-refractivity contribution in [2.75, 3.05) is 18.2 Å². The first-order valence-electron chi connectivity index (χ1n) is 9.30. The summed E-state index contributed by atoms with van der Waals surface area (Å²) in [7, 11) is 0. The van der Waals surface area contributed by atoms with Gasteiger partial charge in [-0.05, 0) is 37.1 Å². The molecule has 0 radical (unpaired) electrons. The lowest BCUT2D eigenvalue weighted by Crippen LogP contribution is -2.31. The van der Waals surface area contributed by atoms with Crippen LogP contribution in [0.4, 0.5) is 5.82 Å². The maximum atomic E-state index is 12.9. The molecule has 0 spiro atoms. The summed E-state index contributed by atoms with van der Waals surface area (Å²) in [5.74, 6) is -0.0879. The third-order valence-corrected chi connectivity index (χ3v) is 5.43. The fraction of sp³-hybridized carbons (Fsp3) is 0.381. The van der Waals surface area contributed by atoms with Crippen LogP contribution in [0.2, 0.25) is 0 Å². The van der Waals surface area contributed by atoms with Gasteiger partial charge in [-0.25, -0.2) is 9.78 Å². The van der Waals surface area contributed by atoms with E-state index < -0.39 is 11.9 Å². The Morgan fingerprint density at radius 3 is 2.54 bits per heavy atom. The van der Waals surface area contributed by atoms with Crippen molar-refractivity contribution < 1.29 is 9.53 Å². The van der Waals surface area contributed by atoms with Crippen molar-refractivity contribution in [1.29, 1.82) is 0 Å². The van der Waals surface area contributed by atoms with E-state index in [4.69, 9.17) is 4.74 Å². The summed E-state index contributed by atoms with van der Waals surface area (Å²) in [6.45, 7) is 8.10. The van der Waals surface area contributed by atoms with Gasteiger partial charge in [-0.1, -0.05) is 49.9 Å². The number of rotatable bonds is 5. The molecule has 3 rings (SSSR count). The van der Waals surface area contributed by atoms with E-state index in [0.29, 0.717) is 33.7 Å². The molecule has 1 aromatic carbocycles. The number of nitrogens with zero attached hydrogens (tertiary/aromatic N) is 1. The standard InChI is InChI=1S/C21H25N3O3S/c1-6-27-20(26)15-12(4)22-18-17(19(25)24-21(23-18)28-5)16(15)14-9-7-13(8-10-14)11(2)3/h7-11,16H,6H2,1-5H3,(H2,22,23,24,25). The molecule has 6 nitrogen and oxygen atoms in total. The number of carbonyl (C=O) groups excluding carboxylic acids is 1. The molecule has 2 heterocycles. The summed E-state index contributed by atoms with van der Waals surface area (Å²) in [5, 5.41) is 3.65. The predicted molar refractivity (Wildman–Crippen MR) is 112 cm³/mol. The van der Waals surface area contributed by atoms with Gasteiger partial charge in [0.25, 0.3) is 5.56 Å². The monoisotopic (exact) mass is 399 g/mol. The minimum Gasteiger partial charge on any atom is -0.463 e. The number of aromatic nitrogens is 2. The smallest absolute Gasteiger partial charge is 0.336 e. The number of esters is 1.